The van der Waals surface area contributed by atoms with Crippen molar-refractivity contribution in [2.24, 2.45) is 0 Å². The highest BCUT2D eigenvalue weighted by molar-refractivity contribution is 7.17. The van der Waals surface area contributed by atoms with Crippen LogP contribution in [0, 0.1) is 5.82 Å². The fourth-order valence-electron chi connectivity index (χ4n) is 2.56. The molecule has 0 spiro atoms. The topological polar surface area (TPSA) is 12.0 Å². The van der Waals surface area contributed by atoms with Crippen molar-refractivity contribution in [3.05, 3.63) is 69.8 Å². The van der Waals surface area contributed by atoms with Gasteiger partial charge in [-0.15, -0.1) is 11.3 Å². The molecule has 0 amide bonds. The van der Waals surface area contributed by atoms with Crippen molar-refractivity contribution in [3.8, 4) is 0 Å². The Bertz CT molecular complexity index is 768. The predicted octanol–water partition coefficient (Wildman–Crippen LogP) is 5.20. The molecule has 0 aliphatic carbocycles. The molecule has 108 valence electrons. The molecule has 0 aliphatic rings. The van der Waals surface area contributed by atoms with Crippen LogP contribution in [0.3, 0.4) is 0 Å². The van der Waals surface area contributed by atoms with Crippen molar-refractivity contribution in [1.29, 1.82) is 0 Å². The van der Waals surface area contributed by atoms with Crippen molar-refractivity contribution >= 4 is 33.0 Å². The van der Waals surface area contributed by atoms with Crippen LogP contribution in [0.15, 0.2) is 47.8 Å². The van der Waals surface area contributed by atoms with E-state index in [1.807, 2.05) is 19.2 Å². The van der Waals surface area contributed by atoms with Crippen molar-refractivity contribution < 1.29 is 4.39 Å². The standard InChI is InChI=1S/C17H15ClFNS/c1-20-16(14-9-12(18)6-7-15(14)19)8-11-10-21-17-5-3-2-4-13(11)17/h2-7,9-10,16,20H,8H2,1H3. The van der Waals surface area contributed by atoms with Gasteiger partial charge in [0, 0.05) is 21.3 Å². The Hall–Kier alpha value is -1.42. The number of nitrogens with one attached hydrogen (secondary N) is 1. The van der Waals surface area contributed by atoms with E-state index in [-0.39, 0.29) is 11.9 Å². The number of hydrogen-bond acceptors (Lipinski definition) is 2. The number of benzene rings is 2. The van der Waals surface area contributed by atoms with Gasteiger partial charge in [0.05, 0.1) is 0 Å². The third-order valence-electron chi connectivity index (χ3n) is 3.67. The van der Waals surface area contributed by atoms with Gasteiger partial charge in [-0.05, 0) is 54.1 Å². The molecule has 0 saturated carbocycles. The molecule has 1 nitrogen and oxygen atoms in total. The summed E-state index contributed by atoms with van der Waals surface area (Å²) in [5.41, 5.74) is 1.84. The lowest BCUT2D eigenvalue weighted by Gasteiger charge is -2.17. The highest BCUT2D eigenvalue weighted by atomic mass is 35.5. The van der Waals surface area contributed by atoms with Crippen LogP contribution >= 0.6 is 22.9 Å². The lowest BCUT2D eigenvalue weighted by Crippen LogP contribution is -2.20. The Kier molecular flexibility index (Phi) is 4.24. The van der Waals surface area contributed by atoms with Gasteiger partial charge < -0.3 is 5.32 Å². The first-order chi connectivity index (χ1) is 10.2. The lowest BCUT2D eigenvalue weighted by atomic mass is 9.98. The molecular weight excluding hydrogens is 305 g/mol. The molecule has 3 aromatic rings. The van der Waals surface area contributed by atoms with Crippen LogP contribution in [0.2, 0.25) is 5.02 Å². The summed E-state index contributed by atoms with van der Waals surface area (Å²) in [5.74, 6) is -0.224. The quantitative estimate of drug-likeness (QED) is 0.697. The maximum atomic E-state index is 14.1. The van der Waals surface area contributed by atoms with Crippen LogP contribution in [-0.2, 0) is 6.42 Å². The lowest BCUT2D eigenvalue weighted by molar-refractivity contribution is 0.535. The van der Waals surface area contributed by atoms with Gasteiger partial charge in [-0.1, -0.05) is 29.8 Å². The molecular formula is C17H15ClFNS. The number of hydrogen-bond donors (Lipinski definition) is 1. The number of fused-ring (bicyclic) bond motifs is 1. The van der Waals surface area contributed by atoms with Gasteiger partial charge >= 0.3 is 0 Å². The molecule has 1 N–H and O–H groups in total. The molecule has 1 aromatic heterocycles. The minimum Gasteiger partial charge on any atom is -0.313 e. The highest BCUT2D eigenvalue weighted by Gasteiger charge is 2.17. The zero-order valence-corrected chi connectivity index (χ0v) is 13.1. The van der Waals surface area contributed by atoms with Crippen molar-refractivity contribution in [2.45, 2.75) is 12.5 Å². The monoisotopic (exact) mass is 319 g/mol. The first-order valence-corrected chi connectivity index (χ1v) is 8.02. The van der Waals surface area contributed by atoms with E-state index in [1.165, 1.54) is 21.7 Å². The third kappa shape index (κ3) is 2.95. The summed E-state index contributed by atoms with van der Waals surface area (Å²) < 4.78 is 15.3. The summed E-state index contributed by atoms with van der Waals surface area (Å²) in [6.07, 6.45) is 0.734. The van der Waals surface area contributed by atoms with Crippen LogP contribution in [0.4, 0.5) is 4.39 Å². The van der Waals surface area contributed by atoms with Gasteiger partial charge in [0.1, 0.15) is 5.82 Å². The second-order valence-electron chi connectivity index (χ2n) is 4.97. The molecule has 1 heterocycles. The largest absolute Gasteiger partial charge is 0.313 e. The maximum absolute atomic E-state index is 14.1. The molecule has 1 atom stereocenters. The molecule has 4 heteroatoms. The smallest absolute Gasteiger partial charge is 0.128 e. The molecule has 3 rings (SSSR count). The predicted molar refractivity (Wildman–Crippen MR) is 88.7 cm³/mol. The van der Waals surface area contributed by atoms with Crippen LogP contribution < -0.4 is 5.32 Å². The van der Waals surface area contributed by atoms with Gasteiger partial charge in [-0.25, -0.2) is 4.39 Å². The number of rotatable bonds is 4. The fourth-order valence-corrected chi connectivity index (χ4v) is 3.72. The first-order valence-electron chi connectivity index (χ1n) is 6.76. The summed E-state index contributed by atoms with van der Waals surface area (Å²) in [7, 11) is 1.85. The van der Waals surface area contributed by atoms with E-state index in [4.69, 9.17) is 11.6 Å². The number of likely N-dealkylation sites (N-methyl/N-ethyl adjacent to an activating group) is 1. The normalized spacial score (nSPS) is 12.7. The van der Waals surface area contributed by atoms with Crippen LogP contribution in [0.25, 0.3) is 10.1 Å². The van der Waals surface area contributed by atoms with Gasteiger partial charge in [0.15, 0.2) is 0 Å². The summed E-state index contributed by atoms with van der Waals surface area (Å²) in [4.78, 5) is 0. The van der Waals surface area contributed by atoms with Gasteiger partial charge in [0.25, 0.3) is 0 Å². The Morgan fingerprint density at radius 2 is 2.05 bits per heavy atom. The van der Waals surface area contributed by atoms with E-state index in [0.717, 1.165) is 6.42 Å². The first kappa shape index (κ1) is 14.5. The molecule has 0 fully saturated rings. The fraction of sp³-hybridized carbons (Fsp3) is 0.176. The van der Waals surface area contributed by atoms with Gasteiger partial charge in [0.2, 0.25) is 0 Å². The summed E-state index contributed by atoms with van der Waals surface area (Å²) in [5, 5.41) is 7.14. The minimum absolute atomic E-state index is 0.0956. The molecule has 0 bridgehead atoms. The Morgan fingerprint density at radius 3 is 2.86 bits per heavy atom. The summed E-state index contributed by atoms with van der Waals surface area (Å²) >= 11 is 7.72. The molecule has 2 aromatic carbocycles. The van der Waals surface area contributed by atoms with Crippen molar-refractivity contribution in [3.63, 3.8) is 0 Å². The van der Waals surface area contributed by atoms with Gasteiger partial charge in [-0.2, -0.15) is 0 Å². The van der Waals surface area contributed by atoms with Crippen LogP contribution in [-0.4, -0.2) is 7.05 Å². The second-order valence-corrected chi connectivity index (χ2v) is 6.32. The van der Waals surface area contributed by atoms with Gasteiger partial charge in [-0.3, -0.25) is 0 Å². The van der Waals surface area contributed by atoms with E-state index in [9.17, 15) is 4.39 Å². The molecule has 21 heavy (non-hydrogen) atoms. The SMILES string of the molecule is CNC(Cc1csc2ccccc12)c1cc(Cl)ccc1F. The van der Waals surface area contributed by atoms with Crippen LogP contribution in [0.5, 0.6) is 0 Å². The summed E-state index contributed by atoms with van der Waals surface area (Å²) in [6, 6.07) is 12.9. The second kappa shape index (κ2) is 6.14. The zero-order chi connectivity index (χ0) is 14.8. The molecule has 0 radical (unpaired) electrons. The number of halogens is 2. The van der Waals surface area contributed by atoms with E-state index in [2.05, 4.69) is 22.8 Å². The van der Waals surface area contributed by atoms with E-state index in [0.29, 0.717) is 10.6 Å². The van der Waals surface area contributed by atoms with Crippen molar-refractivity contribution in [1.82, 2.24) is 5.32 Å². The third-order valence-corrected chi connectivity index (χ3v) is 4.91. The van der Waals surface area contributed by atoms with Crippen molar-refractivity contribution in [2.75, 3.05) is 7.05 Å². The minimum atomic E-state index is -0.224. The Labute approximate surface area is 132 Å². The number of thiophene rings is 1. The average Bonchev–Trinajstić information content (AvgIpc) is 2.91. The van der Waals surface area contributed by atoms with E-state index < -0.39 is 0 Å². The average molecular weight is 320 g/mol. The summed E-state index contributed by atoms with van der Waals surface area (Å²) in [6.45, 7) is 0. The van der Waals surface area contributed by atoms with E-state index in [1.54, 1.807) is 23.5 Å². The Morgan fingerprint density at radius 1 is 1.24 bits per heavy atom. The maximum Gasteiger partial charge on any atom is 0.128 e. The highest BCUT2D eigenvalue weighted by Crippen LogP contribution is 2.30. The Balaban J connectivity index is 1.96. The molecule has 0 saturated heterocycles. The van der Waals surface area contributed by atoms with Crippen LogP contribution in [0.1, 0.15) is 17.2 Å². The molecule has 0 aliphatic heterocycles. The van der Waals surface area contributed by atoms with E-state index >= 15 is 0 Å². The zero-order valence-electron chi connectivity index (χ0n) is 11.6. The molecule has 1 unspecified atom stereocenters.